The highest BCUT2D eigenvalue weighted by Crippen LogP contribution is 2.18. The number of hydrogen-bond acceptors (Lipinski definition) is 6. The van der Waals surface area contributed by atoms with Gasteiger partial charge in [-0.15, -0.1) is 0 Å². The molecule has 20 heavy (non-hydrogen) atoms. The lowest BCUT2D eigenvalue weighted by molar-refractivity contribution is 0.210. The van der Waals surface area contributed by atoms with Crippen molar-refractivity contribution in [2.45, 2.75) is 0 Å². The SMILES string of the molecule is COCCNc1ccnc(Nc2ccc(OC)cc2)n1. The topological polar surface area (TPSA) is 68.3 Å². The minimum atomic E-state index is 0.539. The third-order valence-electron chi connectivity index (χ3n) is 2.61. The van der Waals surface area contributed by atoms with E-state index in [-0.39, 0.29) is 0 Å². The van der Waals surface area contributed by atoms with Gasteiger partial charge in [0, 0.05) is 25.5 Å². The van der Waals surface area contributed by atoms with E-state index in [2.05, 4.69) is 20.6 Å². The van der Waals surface area contributed by atoms with Crippen LogP contribution in [0.15, 0.2) is 36.5 Å². The van der Waals surface area contributed by atoms with Crippen LogP contribution in [0.3, 0.4) is 0 Å². The standard InChI is InChI=1S/C14H18N4O2/c1-19-10-9-15-13-7-8-16-14(18-13)17-11-3-5-12(20-2)6-4-11/h3-8H,9-10H2,1-2H3,(H2,15,16,17,18). The average molecular weight is 274 g/mol. The van der Waals surface area contributed by atoms with Gasteiger partial charge in [-0.05, 0) is 30.3 Å². The van der Waals surface area contributed by atoms with Gasteiger partial charge < -0.3 is 20.1 Å². The number of methoxy groups -OCH3 is 2. The molecule has 106 valence electrons. The zero-order chi connectivity index (χ0) is 14.2. The van der Waals surface area contributed by atoms with E-state index < -0.39 is 0 Å². The van der Waals surface area contributed by atoms with Crippen LogP contribution >= 0.6 is 0 Å². The number of hydrogen-bond donors (Lipinski definition) is 2. The zero-order valence-corrected chi connectivity index (χ0v) is 11.6. The molecule has 0 saturated heterocycles. The molecule has 0 atom stereocenters. The molecule has 0 bridgehead atoms. The predicted octanol–water partition coefficient (Wildman–Crippen LogP) is 2.29. The summed E-state index contributed by atoms with van der Waals surface area (Å²) >= 11 is 0. The third-order valence-corrected chi connectivity index (χ3v) is 2.61. The van der Waals surface area contributed by atoms with Crippen molar-refractivity contribution in [3.05, 3.63) is 36.5 Å². The lowest BCUT2D eigenvalue weighted by atomic mass is 10.3. The monoisotopic (exact) mass is 274 g/mol. The third kappa shape index (κ3) is 4.10. The normalized spacial score (nSPS) is 10.1. The second kappa shape index (κ2) is 7.30. The minimum absolute atomic E-state index is 0.539. The minimum Gasteiger partial charge on any atom is -0.497 e. The number of aromatic nitrogens is 2. The first kappa shape index (κ1) is 14.1. The van der Waals surface area contributed by atoms with E-state index in [1.54, 1.807) is 20.4 Å². The molecule has 0 unspecified atom stereocenters. The summed E-state index contributed by atoms with van der Waals surface area (Å²) in [4.78, 5) is 8.54. The van der Waals surface area contributed by atoms with Gasteiger partial charge in [-0.3, -0.25) is 0 Å². The van der Waals surface area contributed by atoms with Crippen LogP contribution in [0.1, 0.15) is 0 Å². The number of nitrogens with zero attached hydrogens (tertiary/aromatic N) is 2. The van der Waals surface area contributed by atoms with Crippen molar-refractivity contribution in [2.75, 3.05) is 38.0 Å². The molecule has 0 amide bonds. The molecule has 0 aliphatic carbocycles. The van der Waals surface area contributed by atoms with Gasteiger partial charge in [0.2, 0.25) is 5.95 Å². The fourth-order valence-corrected chi connectivity index (χ4v) is 1.60. The highest BCUT2D eigenvalue weighted by molar-refractivity contribution is 5.55. The maximum absolute atomic E-state index is 5.11. The van der Waals surface area contributed by atoms with Crippen molar-refractivity contribution >= 4 is 17.5 Å². The smallest absolute Gasteiger partial charge is 0.229 e. The molecule has 0 aliphatic heterocycles. The molecule has 0 saturated carbocycles. The molecule has 1 aromatic carbocycles. The first-order chi connectivity index (χ1) is 9.81. The number of ether oxygens (including phenoxy) is 2. The predicted molar refractivity (Wildman–Crippen MR) is 78.7 cm³/mol. The van der Waals surface area contributed by atoms with Crippen molar-refractivity contribution < 1.29 is 9.47 Å². The van der Waals surface area contributed by atoms with Crippen molar-refractivity contribution in [2.24, 2.45) is 0 Å². The van der Waals surface area contributed by atoms with Crippen LogP contribution in [-0.4, -0.2) is 37.3 Å². The molecule has 6 nitrogen and oxygen atoms in total. The summed E-state index contributed by atoms with van der Waals surface area (Å²) in [6, 6.07) is 9.39. The maximum atomic E-state index is 5.11. The molecule has 0 aliphatic rings. The summed E-state index contributed by atoms with van der Waals surface area (Å²) in [5.74, 6) is 2.11. The Morgan fingerprint density at radius 3 is 2.60 bits per heavy atom. The quantitative estimate of drug-likeness (QED) is 0.755. The van der Waals surface area contributed by atoms with E-state index in [4.69, 9.17) is 9.47 Å². The zero-order valence-electron chi connectivity index (χ0n) is 11.6. The second-order valence-corrected chi connectivity index (χ2v) is 4.04. The van der Waals surface area contributed by atoms with Crippen LogP contribution < -0.4 is 15.4 Å². The molecular weight excluding hydrogens is 256 g/mol. The Labute approximate surface area is 118 Å². The van der Waals surface area contributed by atoms with E-state index in [0.717, 1.165) is 17.3 Å². The average Bonchev–Trinajstić information content (AvgIpc) is 2.49. The summed E-state index contributed by atoms with van der Waals surface area (Å²) in [5, 5.41) is 6.29. The van der Waals surface area contributed by atoms with Gasteiger partial charge in [0.15, 0.2) is 0 Å². The summed E-state index contributed by atoms with van der Waals surface area (Å²) in [6.07, 6.45) is 1.70. The van der Waals surface area contributed by atoms with Gasteiger partial charge in [0.25, 0.3) is 0 Å². The molecule has 0 radical (unpaired) electrons. The number of benzene rings is 1. The van der Waals surface area contributed by atoms with Crippen LogP contribution in [0, 0.1) is 0 Å². The lowest BCUT2D eigenvalue weighted by Gasteiger charge is -2.08. The van der Waals surface area contributed by atoms with Crippen molar-refractivity contribution in [3.63, 3.8) is 0 Å². The van der Waals surface area contributed by atoms with Crippen molar-refractivity contribution in [1.82, 2.24) is 9.97 Å². The number of nitrogens with one attached hydrogen (secondary N) is 2. The fraction of sp³-hybridized carbons (Fsp3) is 0.286. The Kier molecular flexibility index (Phi) is 5.14. The summed E-state index contributed by atoms with van der Waals surface area (Å²) in [7, 11) is 3.30. The summed E-state index contributed by atoms with van der Waals surface area (Å²) in [5.41, 5.74) is 0.903. The molecule has 2 N–H and O–H groups in total. The summed E-state index contributed by atoms with van der Waals surface area (Å²) in [6.45, 7) is 1.33. The van der Waals surface area contributed by atoms with Crippen LogP contribution in [0.2, 0.25) is 0 Å². The Bertz CT molecular complexity index is 531. The molecule has 1 aromatic heterocycles. The van der Waals surface area contributed by atoms with Crippen molar-refractivity contribution in [1.29, 1.82) is 0 Å². The maximum Gasteiger partial charge on any atom is 0.229 e. The molecule has 6 heteroatoms. The van der Waals surface area contributed by atoms with Gasteiger partial charge in [-0.25, -0.2) is 4.98 Å². The lowest BCUT2D eigenvalue weighted by Crippen LogP contribution is -2.09. The van der Waals surface area contributed by atoms with Crippen LogP contribution in [-0.2, 0) is 4.74 Å². The van der Waals surface area contributed by atoms with Gasteiger partial charge in [-0.1, -0.05) is 0 Å². The fourth-order valence-electron chi connectivity index (χ4n) is 1.60. The molecule has 0 spiro atoms. The molecular formula is C14H18N4O2. The molecule has 0 fully saturated rings. The Morgan fingerprint density at radius 2 is 1.90 bits per heavy atom. The molecule has 2 rings (SSSR count). The van der Waals surface area contributed by atoms with Gasteiger partial charge >= 0.3 is 0 Å². The largest absolute Gasteiger partial charge is 0.497 e. The number of rotatable bonds is 7. The highest BCUT2D eigenvalue weighted by Gasteiger charge is 2.00. The first-order valence-corrected chi connectivity index (χ1v) is 6.29. The van der Waals surface area contributed by atoms with Gasteiger partial charge in [0.05, 0.1) is 13.7 Å². The Balaban J connectivity index is 1.99. The van der Waals surface area contributed by atoms with Gasteiger partial charge in [-0.2, -0.15) is 4.98 Å². The number of anilines is 3. The Morgan fingerprint density at radius 1 is 1.10 bits per heavy atom. The Hall–Kier alpha value is -2.34. The van der Waals surface area contributed by atoms with E-state index in [9.17, 15) is 0 Å². The summed E-state index contributed by atoms with van der Waals surface area (Å²) < 4.78 is 10.1. The first-order valence-electron chi connectivity index (χ1n) is 6.29. The van der Waals surface area contributed by atoms with Crippen molar-refractivity contribution in [3.8, 4) is 5.75 Å². The van der Waals surface area contributed by atoms with E-state index >= 15 is 0 Å². The van der Waals surface area contributed by atoms with Crippen LogP contribution in [0.25, 0.3) is 0 Å². The van der Waals surface area contributed by atoms with Crippen LogP contribution in [0.4, 0.5) is 17.5 Å². The molecule has 2 aromatic rings. The van der Waals surface area contributed by atoms with E-state index in [1.165, 1.54) is 0 Å². The van der Waals surface area contributed by atoms with Crippen LogP contribution in [0.5, 0.6) is 5.75 Å². The van der Waals surface area contributed by atoms with Gasteiger partial charge in [0.1, 0.15) is 11.6 Å². The van der Waals surface area contributed by atoms with E-state index in [1.807, 2.05) is 30.3 Å². The molecule has 1 heterocycles. The van der Waals surface area contributed by atoms with E-state index in [0.29, 0.717) is 19.1 Å². The second-order valence-electron chi connectivity index (χ2n) is 4.04. The highest BCUT2D eigenvalue weighted by atomic mass is 16.5.